The maximum absolute atomic E-state index is 12.4. The van der Waals surface area contributed by atoms with Gasteiger partial charge in [0, 0.05) is 0 Å². The van der Waals surface area contributed by atoms with Crippen molar-refractivity contribution < 1.29 is 14.3 Å². The Balaban J connectivity index is 2.03. The van der Waals surface area contributed by atoms with Gasteiger partial charge in [-0.3, -0.25) is 4.79 Å². The van der Waals surface area contributed by atoms with Crippen molar-refractivity contribution in [3.63, 3.8) is 0 Å². The highest BCUT2D eigenvalue weighted by molar-refractivity contribution is 5.78. The number of ether oxygens (including phenoxy) is 2. The smallest absolute Gasteiger partial charge is 0.314 e. The molecule has 0 aliphatic heterocycles. The number of carbonyl (C=O) groups is 1. The molecular formula is C18H26O3. The lowest BCUT2D eigenvalue weighted by Crippen LogP contribution is -2.40. The Morgan fingerprint density at radius 1 is 1.29 bits per heavy atom. The van der Waals surface area contributed by atoms with Gasteiger partial charge in [0.15, 0.2) is 0 Å². The van der Waals surface area contributed by atoms with Gasteiger partial charge in [-0.05, 0) is 45.1 Å². The summed E-state index contributed by atoms with van der Waals surface area (Å²) in [5.41, 5.74) is 1.95. The molecule has 0 heterocycles. The second-order valence-electron chi connectivity index (χ2n) is 5.91. The molecule has 0 N–H and O–H groups in total. The van der Waals surface area contributed by atoms with Crippen molar-refractivity contribution in [3.05, 3.63) is 35.4 Å². The summed E-state index contributed by atoms with van der Waals surface area (Å²) in [6.07, 6.45) is 3.61. The zero-order chi connectivity index (χ0) is 15.3. The standard InChI is InChI=1S/C18H26O3/c1-4-18(17(19)20-5-2)12-6-7-16(18)21-13-15-10-8-14(3)9-11-15/h8-11,16H,4-7,12-13H2,1-3H3. The largest absolute Gasteiger partial charge is 0.465 e. The van der Waals surface area contributed by atoms with Crippen LogP contribution in [0, 0.1) is 12.3 Å². The summed E-state index contributed by atoms with van der Waals surface area (Å²) >= 11 is 0. The van der Waals surface area contributed by atoms with Crippen molar-refractivity contribution in [2.75, 3.05) is 6.61 Å². The van der Waals surface area contributed by atoms with Crippen LogP contribution in [0.25, 0.3) is 0 Å². The van der Waals surface area contributed by atoms with Gasteiger partial charge in [-0.2, -0.15) is 0 Å². The van der Waals surface area contributed by atoms with Crippen molar-refractivity contribution in [3.8, 4) is 0 Å². The van der Waals surface area contributed by atoms with E-state index in [1.54, 1.807) is 0 Å². The molecule has 1 saturated carbocycles. The van der Waals surface area contributed by atoms with Crippen LogP contribution in [0.4, 0.5) is 0 Å². The predicted octanol–water partition coefficient (Wildman–Crippen LogP) is 4.02. The minimum Gasteiger partial charge on any atom is -0.465 e. The van der Waals surface area contributed by atoms with Gasteiger partial charge in [0.25, 0.3) is 0 Å². The van der Waals surface area contributed by atoms with Crippen LogP contribution in [0.3, 0.4) is 0 Å². The maximum Gasteiger partial charge on any atom is 0.314 e. The molecule has 0 bridgehead atoms. The molecule has 2 rings (SSSR count). The molecule has 0 saturated heterocycles. The first-order chi connectivity index (χ1) is 10.1. The van der Waals surface area contributed by atoms with E-state index in [2.05, 4.69) is 38.1 Å². The first kappa shape index (κ1) is 16.0. The molecule has 0 amide bonds. The zero-order valence-corrected chi connectivity index (χ0v) is 13.4. The Kier molecular flexibility index (Phi) is 5.40. The van der Waals surface area contributed by atoms with Crippen molar-refractivity contribution in [1.29, 1.82) is 0 Å². The highest BCUT2D eigenvalue weighted by atomic mass is 16.5. The van der Waals surface area contributed by atoms with Gasteiger partial charge in [0.2, 0.25) is 0 Å². The van der Waals surface area contributed by atoms with Crippen LogP contribution in [0.5, 0.6) is 0 Å². The molecule has 1 aliphatic rings. The number of rotatable bonds is 6. The third-order valence-corrected chi connectivity index (χ3v) is 4.59. The summed E-state index contributed by atoms with van der Waals surface area (Å²) < 4.78 is 11.4. The molecule has 1 aliphatic carbocycles. The quantitative estimate of drug-likeness (QED) is 0.742. The molecule has 3 nitrogen and oxygen atoms in total. The van der Waals surface area contributed by atoms with E-state index >= 15 is 0 Å². The Bertz CT molecular complexity index is 466. The third-order valence-electron chi connectivity index (χ3n) is 4.59. The maximum atomic E-state index is 12.4. The van der Waals surface area contributed by atoms with Gasteiger partial charge in [0.1, 0.15) is 0 Å². The highest BCUT2D eigenvalue weighted by Crippen LogP contribution is 2.44. The van der Waals surface area contributed by atoms with Gasteiger partial charge < -0.3 is 9.47 Å². The number of hydrogen-bond acceptors (Lipinski definition) is 3. The highest BCUT2D eigenvalue weighted by Gasteiger charge is 2.49. The number of aryl methyl sites for hydroxylation is 1. The molecule has 0 spiro atoms. The lowest BCUT2D eigenvalue weighted by atomic mass is 9.81. The lowest BCUT2D eigenvalue weighted by Gasteiger charge is -2.32. The molecule has 1 aromatic carbocycles. The number of benzene rings is 1. The normalized spacial score (nSPS) is 25.0. The minimum absolute atomic E-state index is 0.0251. The zero-order valence-electron chi connectivity index (χ0n) is 13.4. The van der Waals surface area contributed by atoms with Gasteiger partial charge in [-0.1, -0.05) is 36.8 Å². The minimum atomic E-state index is -0.444. The van der Waals surface area contributed by atoms with Crippen LogP contribution in [0.15, 0.2) is 24.3 Å². The summed E-state index contributed by atoms with van der Waals surface area (Å²) in [5.74, 6) is -0.0843. The molecule has 2 unspecified atom stereocenters. The molecule has 0 radical (unpaired) electrons. The average Bonchev–Trinajstić information content (AvgIpc) is 2.91. The topological polar surface area (TPSA) is 35.5 Å². The molecule has 2 atom stereocenters. The van der Waals surface area contributed by atoms with Gasteiger partial charge in [-0.25, -0.2) is 0 Å². The van der Waals surface area contributed by atoms with E-state index in [-0.39, 0.29) is 12.1 Å². The SMILES string of the molecule is CCOC(=O)C1(CC)CCCC1OCc1ccc(C)cc1. The van der Waals surface area contributed by atoms with Crippen molar-refractivity contribution in [2.45, 2.75) is 59.2 Å². The molecule has 3 heteroatoms. The van der Waals surface area contributed by atoms with E-state index in [1.807, 2.05) is 6.92 Å². The number of hydrogen-bond donors (Lipinski definition) is 0. The Hall–Kier alpha value is -1.35. The van der Waals surface area contributed by atoms with E-state index in [1.165, 1.54) is 5.56 Å². The predicted molar refractivity (Wildman–Crippen MR) is 83.0 cm³/mol. The summed E-state index contributed by atoms with van der Waals surface area (Å²) in [6, 6.07) is 8.35. The monoisotopic (exact) mass is 290 g/mol. The second kappa shape index (κ2) is 7.08. The molecule has 0 aromatic heterocycles. The molecular weight excluding hydrogens is 264 g/mol. The first-order valence-corrected chi connectivity index (χ1v) is 7.96. The van der Waals surface area contributed by atoms with E-state index in [9.17, 15) is 4.79 Å². The fraction of sp³-hybridized carbons (Fsp3) is 0.611. The summed E-state index contributed by atoms with van der Waals surface area (Å²) in [6.45, 7) is 6.99. The van der Waals surface area contributed by atoms with Crippen LogP contribution in [0.1, 0.15) is 50.7 Å². The van der Waals surface area contributed by atoms with E-state index in [0.717, 1.165) is 31.2 Å². The number of esters is 1. The molecule has 21 heavy (non-hydrogen) atoms. The summed E-state index contributed by atoms with van der Waals surface area (Å²) in [5, 5.41) is 0. The summed E-state index contributed by atoms with van der Waals surface area (Å²) in [7, 11) is 0. The first-order valence-electron chi connectivity index (χ1n) is 7.96. The van der Waals surface area contributed by atoms with Crippen LogP contribution in [-0.2, 0) is 20.9 Å². The lowest BCUT2D eigenvalue weighted by molar-refractivity contribution is -0.165. The Morgan fingerprint density at radius 3 is 2.62 bits per heavy atom. The fourth-order valence-corrected chi connectivity index (χ4v) is 3.22. The van der Waals surface area contributed by atoms with E-state index < -0.39 is 5.41 Å². The van der Waals surface area contributed by atoms with Gasteiger partial charge in [-0.15, -0.1) is 0 Å². The van der Waals surface area contributed by atoms with Crippen LogP contribution >= 0.6 is 0 Å². The van der Waals surface area contributed by atoms with Gasteiger partial charge >= 0.3 is 5.97 Å². The molecule has 1 aromatic rings. The average molecular weight is 290 g/mol. The Labute approximate surface area is 127 Å². The third kappa shape index (κ3) is 3.46. The number of carbonyl (C=O) groups excluding carboxylic acids is 1. The summed E-state index contributed by atoms with van der Waals surface area (Å²) in [4.78, 5) is 12.4. The van der Waals surface area contributed by atoms with Crippen molar-refractivity contribution in [2.24, 2.45) is 5.41 Å². The molecule has 1 fully saturated rings. The van der Waals surface area contributed by atoms with Crippen LogP contribution in [-0.4, -0.2) is 18.7 Å². The molecule has 116 valence electrons. The second-order valence-corrected chi connectivity index (χ2v) is 5.91. The van der Waals surface area contributed by atoms with E-state index in [4.69, 9.17) is 9.47 Å². The Morgan fingerprint density at radius 2 is 2.00 bits per heavy atom. The van der Waals surface area contributed by atoms with Crippen molar-refractivity contribution in [1.82, 2.24) is 0 Å². The van der Waals surface area contributed by atoms with Gasteiger partial charge in [0.05, 0.1) is 24.7 Å². The van der Waals surface area contributed by atoms with Crippen molar-refractivity contribution >= 4 is 5.97 Å². The fourth-order valence-electron chi connectivity index (χ4n) is 3.22. The van der Waals surface area contributed by atoms with E-state index in [0.29, 0.717) is 13.2 Å². The van der Waals surface area contributed by atoms with Crippen LogP contribution < -0.4 is 0 Å². The van der Waals surface area contributed by atoms with Crippen LogP contribution in [0.2, 0.25) is 0 Å².